The van der Waals surface area contributed by atoms with Crippen molar-refractivity contribution in [3.8, 4) is 11.5 Å². The first kappa shape index (κ1) is 11.3. The maximum atomic E-state index is 5.28. The van der Waals surface area contributed by atoms with E-state index in [4.69, 9.17) is 4.52 Å². The predicted molar refractivity (Wildman–Crippen MR) is 67.1 cm³/mol. The van der Waals surface area contributed by atoms with Crippen molar-refractivity contribution in [3.63, 3.8) is 0 Å². The first-order valence-corrected chi connectivity index (χ1v) is 6.19. The highest BCUT2D eigenvalue weighted by molar-refractivity contribution is 5.53. The molecule has 0 atom stereocenters. The van der Waals surface area contributed by atoms with Gasteiger partial charge >= 0.3 is 0 Å². The van der Waals surface area contributed by atoms with E-state index >= 15 is 0 Å². The van der Waals surface area contributed by atoms with Crippen molar-refractivity contribution in [1.82, 2.24) is 20.4 Å². The summed E-state index contributed by atoms with van der Waals surface area (Å²) >= 11 is 0. The topological polar surface area (TPSA) is 63.8 Å². The van der Waals surface area contributed by atoms with Crippen LogP contribution in [0.3, 0.4) is 0 Å². The molecule has 1 aliphatic heterocycles. The fraction of sp³-hybridized carbons (Fsp3) is 0.462. The van der Waals surface area contributed by atoms with Gasteiger partial charge in [-0.05, 0) is 44.0 Å². The molecule has 0 amide bonds. The summed E-state index contributed by atoms with van der Waals surface area (Å²) in [5.41, 5.74) is 3.02. The molecule has 3 heterocycles. The molecular formula is C13H16N4O. The minimum Gasteiger partial charge on any atom is -0.339 e. The quantitative estimate of drug-likeness (QED) is 0.886. The Hall–Kier alpha value is -1.75. The Morgan fingerprint density at radius 3 is 2.89 bits per heavy atom. The molecule has 0 unspecified atom stereocenters. The first-order chi connectivity index (χ1) is 8.72. The summed E-state index contributed by atoms with van der Waals surface area (Å²) in [6.07, 6.45) is 2.68. The van der Waals surface area contributed by atoms with Crippen molar-refractivity contribution in [2.75, 3.05) is 13.1 Å². The molecule has 1 N–H and O–H groups in total. The van der Waals surface area contributed by atoms with E-state index in [-0.39, 0.29) is 0 Å². The number of rotatable bonds is 3. The van der Waals surface area contributed by atoms with Crippen LogP contribution in [0.1, 0.15) is 17.0 Å². The third-order valence-electron chi connectivity index (χ3n) is 3.22. The number of hydrogen-bond acceptors (Lipinski definition) is 5. The van der Waals surface area contributed by atoms with Crippen LogP contribution in [0.25, 0.3) is 11.5 Å². The minimum absolute atomic E-state index is 0.592. The molecule has 0 aromatic carbocycles. The normalized spacial score (nSPS) is 15.7. The molecule has 0 aliphatic carbocycles. The summed E-state index contributed by atoms with van der Waals surface area (Å²) in [5, 5.41) is 7.25. The van der Waals surface area contributed by atoms with Gasteiger partial charge in [0.25, 0.3) is 0 Å². The van der Waals surface area contributed by atoms with Crippen LogP contribution in [0.4, 0.5) is 0 Å². The maximum Gasteiger partial charge on any atom is 0.227 e. The molecule has 94 valence electrons. The molecule has 3 rings (SSSR count). The fourth-order valence-electron chi connectivity index (χ4n) is 2.12. The second-order valence-corrected chi connectivity index (χ2v) is 4.92. The van der Waals surface area contributed by atoms with Crippen molar-refractivity contribution < 1.29 is 4.52 Å². The summed E-state index contributed by atoms with van der Waals surface area (Å²) < 4.78 is 5.28. The average molecular weight is 244 g/mol. The van der Waals surface area contributed by atoms with Gasteiger partial charge in [0.2, 0.25) is 11.7 Å². The van der Waals surface area contributed by atoms with Crippen LogP contribution in [0.2, 0.25) is 0 Å². The monoisotopic (exact) mass is 244 g/mol. The lowest BCUT2D eigenvalue weighted by atomic mass is 10.00. The average Bonchev–Trinajstić information content (AvgIpc) is 2.72. The van der Waals surface area contributed by atoms with Gasteiger partial charge in [0.05, 0.1) is 0 Å². The standard InChI is InChI=1S/C13H16N4O/c1-8-3-9(2)12(15-5-8)13-16-11(18-17-13)4-10-6-14-7-10/h3,5,10,14H,4,6-7H2,1-2H3. The fourth-order valence-corrected chi connectivity index (χ4v) is 2.12. The van der Waals surface area contributed by atoms with Gasteiger partial charge in [0.1, 0.15) is 5.69 Å². The van der Waals surface area contributed by atoms with Crippen molar-refractivity contribution in [2.45, 2.75) is 20.3 Å². The van der Waals surface area contributed by atoms with Gasteiger partial charge in [-0.3, -0.25) is 4.98 Å². The number of pyridine rings is 1. The zero-order chi connectivity index (χ0) is 12.5. The Bertz CT molecular complexity index is 560. The smallest absolute Gasteiger partial charge is 0.227 e. The lowest BCUT2D eigenvalue weighted by Crippen LogP contribution is -2.43. The van der Waals surface area contributed by atoms with E-state index in [0.717, 1.165) is 36.3 Å². The van der Waals surface area contributed by atoms with Crippen molar-refractivity contribution in [1.29, 1.82) is 0 Å². The Balaban J connectivity index is 1.83. The zero-order valence-corrected chi connectivity index (χ0v) is 10.6. The molecule has 18 heavy (non-hydrogen) atoms. The SMILES string of the molecule is Cc1cnc(-c2noc(CC3CNC3)n2)c(C)c1. The molecule has 2 aromatic rings. The third kappa shape index (κ3) is 2.13. The zero-order valence-electron chi connectivity index (χ0n) is 10.6. The third-order valence-corrected chi connectivity index (χ3v) is 3.22. The van der Waals surface area contributed by atoms with Gasteiger partial charge in [-0.15, -0.1) is 0 Å². The highest BCUT2D eigenvalue weighted by atomic mass is 16.5. The van der Waals surface area contributed by atoms with E-state index in [2.05, 4.69) is 26.5 Å². The Labute approximate surface area is 106 Å². The van der Waals surface area contributed by atoms with E-state index < -0.39 is 0 Å². The molecule has 2 aromatic heterocycles. The number of nitrogens with zero attached hydrogens (tertiary/aromatic N) is 3. The van der Waals surface area contributed by atoms with Crippen LogP contribution in [0.5, 0.6) is 0 Å². The molecule has 0 radical (unpaired) electrons. The number of aromatic nitrogens is 3. The Morgan fingerprint density at radius 1 is 1.39 bits per heavy atom. The van der Waals surface area contributed by atoms with Crippen LogP contribution in [0, 0.1) is 19.8 Å². The summed E-state index contributed by atoms with van der Waals surface area (Å²) in [5.74, 6) is 1.93. The van der Waals surface area contributed by atoms with E-state index in [1.165, 1.54) is 0 Å². The molecule has 5 nitrogen and oxygen atoms in total. The van der Waals surface area contributed by atoms with Gasteiger partial charge in [0, 0.05) is 12.6 Å². The number of nitrogens with one attached hydrogen (secondary N) is 1. The van der Waals surface area contributed by atoms with Gasteiger partial charge < -0.3 is 9.84 Å². The van der Waals surface area contributed by atoms with E-state index in [1.807, 2.05) is 20.0 Å². The van der Waals surface area contributed by atoms with Crippen molar-refractivity contribution in [2.24, 2.45) is 5.92 Å². The summed E-state index contributed by atoms with van der Waals surface area (Å²) in [7, 11) is 0. The Morgan fingerprint density at radius 2 is 2.22 bits per heavy atom. The van der Waals surface area contributed by atoms with E-state index in [0.29, 0.717) is 17.6 Å². The van der Waals surface area contributed by atoms with E-state index in [1.54, 1.807) is 0 Å². The molecular weight excluding hydrogens is 228 g/mol. The van der Waals surface area contributed by atoms with Crippen molar-refractivity contribution >= 4 is 0 Å². The van der Waals surface area contributed by atoms with Crippen LogP contribution in [-0.2, 0) is 6.42 Å². The molecule has 1 aliphatic rings. The van der Waals surface area contributed by atoms with Gasteiger partial charge in [0.15, 0.2) is 0 Å². The van der Waals surface area contributed by atoms with Gasteiger partial charge in [-0.2, -0.15) is 4.98 Å². The van der Waals surface area contributed by atoms with E-state index in [9.17, 15) is 0 Å². The lowest BCUT2D eigenvalue weighted by molar-refractivity contribution is 0.296. The highest BCUT2D eigenvalue weighted by Gasteiger charge is 2.21. The van der Waals surface area contributed by atoms with Crippen LogP contribution in [-0.4, -0.2) is 28.2 Å². The minimum atomic E-state index is 0.592. The summed E-state index contributed by atoms with van der Waals surface area (Å²) in [6.45, 7) is 6.12. The number of aryl methyl sites for hydroxylation is 2. The Kier molecular flexibility index (Phi) is 2.83. The summed E-state index contributed by atoms with van der Waals surface area (Å²) in [6, 6.07) is 2.08. The first-order valence-electron chi connectivity index (χ1n) is 6.19. The van der Waals surface area contributed by atoms with Crippen LogP contribution in [0.15, 0.2) is 16.8 Å². The van der Waals surface area contributed by atoms with Gasteiger partial charge in [-0.1, -0.05) is 11.2 Å². The lowest BCUT2D eigenvalue weighted by Gasteiger charge is -2.25. The summed E-state index contributed by atoms with van der Waals surface area (Å²) in [4.78, 5) is 8.80. The molecule has 5 heteroatoms. The molecule has 0 saturated carbocycles. The predicted octanol–water partition coefficient (Wildman–Crippen LogP) is 1.51. The van der Waals surface area contributed by atoms with Crippen molar-refractivity contribution in [3.05, 3.63) is 29.3 Å². The molecule has 1 fully saturated rings. The van der Waals surface area contributed by atoms with Gasteiger partial charge in [-0.25, -0.2) is 0 Å². The molecule has 0 spiro atoms. The maximum absolute atomic E-state index is 5.28. The van der Waals surface area contributed by atoms with Crippen LogP contribution >= 0.6 is 0 Å². The highest BCUT2D eigenvalue weighted by Crippen LogP contribution is 2.20. The second-order valence-electron chi connectivity index (χ2n) is 4.92. The number of hydrogen-bond donors (Lipinski definition) is 1. The van der Waals surface area contributed by atoms with Crippen LogP contribution < -0.4 is 5.32 Å². The largest absolute Gasteiger partial charge is 0.339 e. The molecule has 1 saturated heterocycles. The molecule has 0 bridgehead atoms. The second kappa shape index (κ2) is 4.49.